The van der Waals surface area contributed by atoms with Crippen molar-refractivity contribution >= 4 is 44.9 Å². The number of amidine groups is 1. The van der Waals surface area contributed by atoms with E-state index in [1.54, 1.807) is 6.21 Å². The van der Waals surface area contributed by atoms with Crippen molar-refractivity contribution in [2.75, 3.05) is 0 Å². The Labute approximate surface area is 136 Å². The third kappa shape index (κ3) is 3.90. The molecular formula is C15H13N5S2. The largest absolute Gasteiger partial charge is 0.377 e. The second kappa shape index (κ2) is 7.15. The molecular weight excluding hydrogens is 314 g/mol. The van der Waals surface area contributed by atoms with Gasteiger partial charge in [0.25, 0.3) is 0 Å². The molecule has 2 aromatic carbocycles. The van der Waals surface area contributed by atoms with Crippen molar-refractivity contribution in [2.45, 2.75) is 5.75 Å². The molecule has 0 bridgehead atoms. The summed E-state index contributed by atoms with van der Waals surface area (Å²) in [5.41, 5.74) is 8.83. The van der Waals surface area contributed by atoms with Crippen LogP contribution in [-0.2, 0) is 5.75 Å². The number of hydrogen-bond acceptors (Lipinski definition) is 6. The van der Waals surface area contributed by atoms with Crippen molar-refractivity contribution in [3.05, 3.63) is 59.7 Å². The van der Waals surface area contributed by atoms with Crippen LogP contribution in [0.2, 0.25) is 0 Å². The number of hydrogen-bond donors (Lipinski definition) is 1. The summed E-state index contributed by atoms with van der Waals surface area (Å²) in [6.07, 6.45) is 1.66. The highest BCUT2D eigenvalue weighted by Gasteiger charge is 1.98. The van der Waals surface area contributed by atoms with E-state index in [0.29, 0.717) is 5.17 Å². The van der Waals surface area contributed by atoms with Gasteiger partial charge in [0.05, 0.1) is 10.9 Å². The van der Waals surface area contributed by atoms with Crippen LogP contribution in [0.25, 0.3) is 10.2 Å². The molecule has 0 aliphatic heterocycles. The average Bonchev–Trinajstić information content (AvgIpc) is 3.02. The van der Waals surface area contributed by atoms with Crippen molar-refractivity contribution < 1.29 is 0 Å². The number of thioether (sulfide) groups is 1. The molecule has 0 spiro atoms. The van der Waals surface area contributed by atoms with Gasteiger partial charge in [-0.15, -0.1) is 10.2 Å². The standard InChI is InChI=1S/C15H13N5S2/c16-15(21-10-11-4-2-1-3-5-11)19-17-9-12-6-7-14-13(8-12)18-20-22-14/h1-9H,10H2,(H2,16,19). The summed E-state index contributed by atoms with van der Waals surface area (Å²) in [5.74, 6) is 0.780. The number of nitrogens with two attached hydrogens (primary N) is 1. The first-order valence-corrected chi connectivity index (χ1v) is 8.32. The lowest BCUT2D eigenvalue weighted by atomic mass is 10.2. The lowest BCUT2D eigenvalue weighted by molar-refractivity contribution is 1.20. The molecule has 0 aliphatic carbocycles. The zero-order valence-corrected chi connectivity index (χ0v) is 13.2. The predicted molar refractivity (Wildman–Crippen MR) is 94.4 cm³/mol. The van der Waals surface area contributed by atoms with Gasteiger partial charge in [-0.25, -0.2) is 0 Å². The normalized spacial score (nSPS) is 12.3. The summed E-state index contributed by atoms with van der Waals surface area (Å²) in [7, 11) is 0. The maximum atomic E-state index is 5.84. The van der Waals surface area contributed by atoms with E-state index < -0.39 is 0 Å². The van der Waals surface area contributed by atoms with Gasteiger partial charge in [0.2, 0.25) is 0 Å². The van der Waals surface area contributed by atoms with Gasteiger partial charge in [0.15, 0.2) is 5.17 Å². The average molecular weight is 327 g/mol. The maximum Gasteiger partial charge on any atom is 0.180 e. The van der Waals surface area contributed by atoms with Crippen LogP contribution in [0.3, 0.4) is 0 Å². The van der Waals surface area contributed by atoms with Crippen molar-refractivity contribution in [1.82, 2.24) is 9.59 Å². The molecule has 0 unspecified atom stereocenters. The molecule has 0 radical (unpaired) electrons. The highest BCUT2D eigenvalue weighted by molar-refractivity contribution is 8.13. The van der Waals surface area contributed by atoms with Gasteiger partial charge >= 0.3 is 0 Å². The predicted octanol–water partition coefficient (Wildman–Crippen LogP) is 3.27. The Balaban J connectivity index is 1.59. The Morgan fingerprint density at radius 1 is 1.23 bits per heavy atom. The summed E-state index contributed by atoms with van der Waals surface area (Å²) >= 11 is 2.83. The molecule has 3 aromatic rings. The first-order valence-electron chi connectivity index (χ1n) is 6.56. The highest BCUT2D eigenvalue weighted by atomic mass is 32.2. The van der Waals surface area contributed by atoms with Gasteiger partial charge < -0.3 is 5.73 Å². The molecule has 2 N–H and O–H groups in total. The molecule has 1 heterocycles. The van der Waals surface area contributed by atoms with Gasteiger partial charge in [0, 0.05) is 5.75 Å². The van der Waals surface area contributed by atoms with Crippen LogP contribution in [0.5, 0.6) is 0 Å². The van der Waals surface area contributed by atoms with Crippen molar-refractivity contribution in [3.63, 3.8) is 0 Å². The Hall–Kier alpha value is -2.25. The fourth-order valence-corrected chi connectivity index (χ4v) is 2.94. The first kappa shape index (κ1) is 14.7. The summed E-state index contributed by atoms with van der Waals surface area (Å²) in [6.45, 7) is 0. The molecule has 22 heavy (non-hydrogen) atoms. The lowest BCUT2D eigenvalue weighted by Crippen LogP contribution is -2.05. The summed E-state index contributed by atoms with van der Waals surface area (Å²) in [5, 5.41) is 12.5. The van der Waals surface area contributed by atoms with Crippen LogP contribution in [0.1, 0.15) is 11.1 Å². The van der Waals surface area contributed by atoms with Crippen LogP contribution < -0.4 is 5.73 Å². The zero-order valence-electron chi connectivity index (χ0n) is 11.6. The third-order valence-corrected chi connectivity index (χ3v) is 4.42. The van der Waals surface area contributed by atoms with Gasteiger partial charge in [-0.2, -0.15) is 5.10 Å². The monoisotopic (exact) mass is 327 g/mol. The second-order valence-electron chi connectivity index (χ2n) is 4.46. The van der Waals surface area contributed by atoms with Gasteiger partial charge in [-0.05, 0) is 34.8 Å². The van der Waals surface area contributed by atoms with E-state index in [-0.39, 0.29) is 0 Å². The fourth-order valence-electron chi connectivity index (χ4n) is 1.79. The Kier molecular flexibility index (Phi) is 4.77. The number of aromatic nitrogens is 2. The van der Waals surface area contributed by atoms with Gasteiger partial charge in [0.1, 0.15) is 5.52 Å². The lowest BCUT2D eigenvalue weighted by Gasteiger charge is -1.99. The third-order valence-electron chi connectivity index (χ3n) is 2.86. The molecule has 3 rings (SSSR count). The van der Waals surface area contributed by atoms with E-state index >= 15 is 0 Å². The molecule has 110 valence electrons. The first-order chi connectivity index (χ1) is 10.8. The van der Waals surface area contributed by atoms with Crippen LogP contribution in [-0.4, -0.2) is 21.0 Å². The van der Waals surface area contributed by atoms with Gasteiger partial charge in [-0.1, -0.05) is 52.6 Å². The molecule has 0 atom stereocenters. The maximum absolute atomic E-state index is 5.84. The Morgan fingerprint density at radius 2 is 2.09 bits per heavy atom. The van der Waals surface area contributed by atoms with E-state index in [2.05, 4.69) is 31.9 Å². The number of nitrogens with zero attached hydrogens (tertiary/aromatic N) is 4. The second-order valence-corrected chi connectivity index (χ2v) is 6.24. The minimum Gasteiger partial charge on any atom is -0.377 e. The quantitative estimate of drug-likeness (QED) is 0.453. The molecule has 1 aromatic heterocycles. The van der Waals surface area contributed by atoms with Gasteiger partial charge in [-0.3, -0.25) is 0 Å². The van der Waals surface area contributed by atoms with E-state index in [9.17, 15) is 0 Å². The highest BCUT2D eigenvalue weighted by Crippen LogP contribution is 2.16. The van der Waals surface area contributed by atoms with Crippen LogP contribution in [0.4, 0.5) is 0 Å². The molecule has 0 saturated carbocycles. The Bertz CT molecular complexity index is 811. The van der Waals surface area contributed by atoms with Crippen molar-refractivity contribution in [3.8, 4) is 0 Å². The summed E-state index contributed by atoms with van der Waals surface area (Å²) < 4.78 is 4.95. The van der Waals surface area contributed by atoms with E-state index in [1.807, 2.05) is 36.4 Å². The number of benzene rings is 2. The van der Waals surface area contributed by atoms with Crippen LogP contribution in [0, 0.1) is 0 Å². The molecule has 5 nitrogen and oxygen atoms in total. The van der Waals surface area contributed by atoms with Crippen LogP contribution >= 0.6 is 23.3 Å². The van der Waals surface area contributed by atoms with Crippen LogP contribution in [0.15, 0.2) is 58.7 Å². The van der Waals surface area contributed by atoms with E-state index in [0.717, 1.165) is 21.5 Å². The molecule has 0 aliphatic rings. The SMILES string of the molecule is NC(=NN=Cc1ccc2snnc2c1)SCc1ccccc1. The summed E-state index contributed by atoms with van der Waals surface area (Å²) in [4.78, 5) is 0. The molecule has 0 amide bonds. The van der Waals surface area contributed by atoms with E-state index in [1.165, 1.54) is 28.9 Å². The molecule has 0 fully saturated rings. The van der Waals surface area contributed by atoms with Crippen molar-refractivity contribution in [1.29, 1.82) is 0 Å². The minimum atomic E-state index is 0.441. The molecule has 0 saturated heterocycles. The number of rotatable bonds is 4. The van der Waals surface area contributed by atoms with E-state index in [4.69, 9.17) is 5.73 Å². The fraction of sp³-hybridized carbons (Fsp3) is 0.0667. The smallest absolute Gasteiger partial charge is 0.180 e. The minimum absolute atomic E-state index is 0.441. The zero-order chi connectivity index (χ0) is 15.2. The molecule has 7 heteroatoms. The summed E-state index contributed by atoms with van der Waals surface area (Å²) in [6, 6.07) is 16.0. The van der Waals surface area contributed by atoms with Crippen molar-refractivity contribution in [2.24, 2.45) is 15.9 Å². The topological polar surface area (TPSA) is 76.5 Å². The Morgan fingerprint density at radius 3 is 2.95 bits per heavy atom. The number of fused-ring (bicyclic) bond motifs is 1.